The molecule has 1 atom stereocenters. The molecule has 2 N–H and O–H groups in total. The van der Waals surface area contributed by atoms with Gasteiger partial charge in [-0.05, 0) is 39.9 Å². The number of benzene rings is 2. The largest absolute Gasteiger partial charge is 0.480 e. The summed E-state index contributed by atoms with van der Waals surface area (Å²) in [6.07, 6.45) is 0.787. The van der Waals surface area contributed by atoms with Crippen molar-refractivity contribution in [1.82, 2.24) is 10.3 Å². The number of ether oxygens (including phenoxy) is 1. The Morgan fingerprint density at radius 2 is 1.70 bits per heavy atom. The lowest BCUT2D eigenvalue weighted by atomic mass is 9.98. The standard InChI is InChI=1S/C23H19ClN2O4/c24-21-12-14(9-10-25-21)11-20(22(27)28)26-23(29)30-13-19-17-7-3-1-5-15(17)16-6-2-4-8-18(16)19/h1-10,12,19-20H,11,13H2,(H,26,29)(H,27,28). The molecule has 2 aromatic carbocycles. The molecule has 1 aliphatic rings. The topological polar surface area (TPSA) is 88.5 Å². The predicted molar refractivity (Wildman–Crippen MR) is 113 cm³/mol. The van der Waals surface area contributed by atoms with Gasteiger partial charge in [0.15, 0.2) is 0 Å². The Morgan fingerprint density at radius 1 is 1.07 bits per heavy atom. The summed E-state index contributed by atoms with van der Waals surface area (Å²) < 4.78 is 5.43. The Kier molecular flexibility index (Phi) is 5.68. The second-order valence-corrected chi connectivity index (χ2v) is 7.44. The van der Waals surface area contributed by atoms with Crippen molar-refractivity contribution in [2.75, 3.05) is 6.61 Å². The van der Waals surface area contributed by atoms with E-state index in [1.54, 1.807) is 12.1 Å². The van der Waals surface area contributed by atoms with Gasteiger partial charge in [-0.3, -0.25) is 0 Å². The van der Waals surface area contributed by atoms with Crippen LogP contribution in [-0.4, -0.2) is 34.8 Å². The lowest BCUT2D eigenvalue weighted by Crippen LogP contribution is -2.42. The fraction of sp³-hybridized carbons (Fsp3) is 0.174. The van der Waals surface area contributed by atoms with E-state index in [2.05, 4.69) is 22.4 Å². The molecule has 0 fully saturated rings. The Morgan fingerprint density at radius 3 is 2.30 bits per heavy atom. The van der Waals surface area contributed by atoms with E-state index in [0.717, 1.165) is 22.3 Å². The first-order chi connectivity index (χ1) is 14.5. The van der Waals surface area contributed by atoms with E-state index >= 15 is 0 Å². The third-order valence-electron chi connectivity index (χ3n) is 5.16. The Bertz CT molecular complexity index is 1060. The molecular formula is C23H19ClN2O4. The van der Waals surface area contributed by atoms with Crippen LogP contribution in [0.5, 0.6) is 0 Å². The summed E-state index contributed by atoms with van der Waals surface area (Å²) >= 11 is 5.85. The van der Waals surface area contributed by atoms with Gasteiger partial charge in [0, 0.05) is 18.5 Å². The average molecular weight is 423 g/mol. The van der Waals surface area contributed by atoms with Crippen LogP contribution in [0.3, 0.4) is 0 Å². The molecule has 3 aromatic rings. The van der Waals surface area contributed by atoms with E-state index in [4.69, 9.17) is 16.3 Å². The van der Waals surface area contributed by atoms with E-state index in [1.165, 1.54) is 6.20 Å². The summed E-state index contributed by atoms with van der Waals surface area (Å²) in [5.41, 5.74) is 5.09. The number of carboxylic acids is 1. The molecule has 0 bridgehead atoms. The van der Waals surface area contributed by atoms with Gasteiger partial charge >= 0.3 is 12.1 Å². The second kappa shape index (κ2) is 8.55. The Hall–Kier alpha value is -3.38. The molecule has 0 radical (unpaired) electrons. The first kappa shape index (κ1) is 19.9. The number of rotatable bonds is 6. The molecule has 30 heavy (non-hydrogen) atoms. The van der Waals surface area contributed by atoms with Crippen molar-refractivity contribution in [3.8, 4) is 11.1 Å². The molecule has 0 aliphatic heterocycles. The fourth-order valence-electron chi connectivity index (χ4n) is 3.79. The van der Waals surface area contributed by atoms with Gasteiger partial charge in [-0.2, -0.15) is 0 Å². The van der Waals surface area contributed by atoms with E-state index in [-0.39, 0.29) is 24.1 Å². The molecule has 6 nitrogen and oxygen atoms in total. The molecule has 1 amide bonds. The SMILES string of the molecule is O=C(NC(Cc1ccnc(Cl)c1)C(=O)O)OCC1c2ccccc2-c2ccccc21. The number of nitrogens with one attached hydrogen (secondary N) is 1. The Balaban J connectivity index is 1.43. The first-order valence-corrected chi connectivity index (χ1v) is 9.85. The number of aliphatic carboxylic acids is 1. The number of carbonyl (C=O) groups excluding carboxylic acids is 1. The summed E-state index contributed by atoms with van der Waals surface area (Å²) in [4.78, 5) is 27.8. The van der Waals surface area contributed by atoms with E-state index in [1.807, 2.05) is 36.4 Å². The predicted octanol–water partition coefficient (Wildman–Crippen LogP) is 4.27. The van der Waals surface area contributed by atoms with Crippen LogP contribution >= 0.6 is 11.6 Å². The van der Waals surface area contributed by atoms with Crippen LogP contribution in [0.1, 0.15) is 22.6 Å². The quantitative estimate of drug-likeness (QED) is 0.579. The van der Waals surface area contributed by atoms with Gasteiger partial charge in [0.1, 0.15) is 17.8 Å². The summed E-state index contributed by atoms with van der Waals surface area (Å²) in [6, 6.07) is 18.1. The molecule has 1 unspecified atom stereocenters. The van der Waals surface area contributed by atoms with Crippen LogP contribution < -0.4 is 5.32 Å². The summed E-state index contributed by atoms with van der Waals surface area (Å²) in [5.74, 6) is -1.25. The number of hydrogen-bond donors (Lipinski definition) is 2. The molecule has 7 heteroatoms. The minimum Gasteiger partial charge on any atom is -0.480 e. The zero-order chi connectivity index (χ0) is 21.1. The normalized spacial score (nSPS) is 13.2. The zero-order valence-corrected chi connectivity index (χ0v) is 16.7. The van der Waals surface area contributed by atoms with Crippen LogP contribution in [0.2, 0.25) is 5.15 Å². The van der Waals surface area contributed by atoms with Gasteiger partial charge in [-0.25, -0.2) is 14.6 Å². The lowest BCUT2D eigenvalue weighted by Gasteiger charge is -2.17. The van der Waals surface area contributed by atoms with Gasteiger partial charge in [-0.1, -0.05) is 60.1 Å². The number of fused-ring (bicyclic) bond motifs is 3. The van der Waals surface area contributed by atoms with E-state index in [9.17, 15) is 14.7 Å². The number of pyridine rings is 1. The Labute approximate surface area is 178 Å². The number of aromatic nitrogens is 1. The summed E-state index contributed by atoms with van der Waals surface area (Å²) in [6.45, 7) is 0.118. The van der Waals surface area contributed by atoms with Crippen molar-refractivity contribution in [2.24, 2.45) is 0 Å². The number of carboxylic acid groups (broad SMARTS) is 1. The monoisotopic (exact) mass is 422 g/mol. The molecule has 1 aromatic heterocycles. The minimum atomic E-state index is -1.16. The van der Waals surface area contributed by atoms with Gasteiger partial charge in [0.2, 0.25) is 0 Å². The van der Waals surface area contributed by atoms with Crippen LogP contribution in [0.25, 0.3) is 11.1 Å². The van der Waals surface area contributed by atoms with Crippen LogP contribution in [0.4, 0.5) is 4.79 Å². The lowest BCUT2D eigenvalue weighted by molar-refractivity contribution is -0.139. The third kappa shape index (κ3) is 4.14. The first-order valence-electron chi connectivity index (χ1n) is 9.47. The summed E-state index contributed by atoms with van der Waals surface area (Å²) in [7, 11) is 0. The highest BCUT2D eigenvalue weighted by Gasteiger charge is 2.29. The molecule has 0 spiro atoms. The molecule has 1 heterocycles. The van der Waals surface area contributed by atoms with Crippen LogP contribution in [-0.2, 0) is 16.0 Å². The number of halogens is 1. The van der Waals surface area contributed by atoms with Gasteiger partial charge in [0.25, 0.3) is 0 Å². The molecule has 0 saturated heterocycles. The molecule has 0 saturated carbocycles. The minimum absolute atomic E-state index is 0.0712. The van der Waals surface area contributed by atoms with Gasteiger partial charge in [0.05, 0.1) is 0 Å². The average Bonchev–Trinajstić information content (AvgIpc) is 3.06. The molecule has 1 aliphatic carbocycles. The fourth-order valence-corrected chi connectivity index (χ4v) is 3.98. The molecular weight excluding hydrogens is 404 g/mol. The number of hydrogen-bond acceptors (Lipinski definition) is 4. The van der Waals surface area contributed by atoms with Crippen molar-refractivity contribution in [1.29, 1.82) is 0 Å². The number of alkyl carbamates (subject to hydrolysis) is 1. The third-order valence-corrected chi connectivity index (χ3v) is 5.37. The smallest absolute Gasteiger partial charge is 0.407 e. The van der Waals surface area contributed by atoms with Crippen molar-refractivity contribution < 1.29 is 19.4 Å². The van der Waals surface area contributed by atoms with Gasteiger partial charge < -0.3 is 15.2 Å². The highest BCUT2D eigenvalue weighted by atomic mass is 35.5. The van der Waals surface area contributed by atoms with Crippen molar-refractivity contribution >= 4 is 23.7 Å². The highest BCUT2D eigenvalue weighted by molar-refractivity contribution is 6.29. The molecule has 152 valence electrons. The number of nitrogens with zero attached hydrogens (tertiary/aromatic N) is 1. The highest BCUT2D eigenvalue weighted by Crippen LogP contribution is 2.44. The van der Waals surface area contributed by atoms with E-state index in [0.29, 0.717) is 5.56 Å². The van der Waals surface area contributed by atoms with E-state index < -0.39 is 18.1 Å². The maximum atomic E-state index is 12.4. The number of carbonyl (C=O) groups is 2. The summed E-state index contributed by atoms with van der Waals surface area (Å²) in [5, 5.41) is 12.2. The van der Waals surface area contributed by atoms with Crippen molar-refractivity contribution in [3.05, 3.63) is 88.7 Å². The van der Waals surface area contributed by atoms with Crippen LogP contribution in [0.15, 0.2) is 66.9 Å². The zero-order valence-electron chi connectivity index (χ0n) is 15.9. The maximum absolute atomic E-state index is 12.4. The van der Waals surface area contributed by atoms with Crippen molar-refractivity contribution in [3.63, 3.8) is 0 Å². The number of amides is 1. The van der Waals surface area contributed by atoms with Gasteiger partial charge in [-0.15, -0.1) is 0 Å². The second-order valence-electron chi connectivity index (χ2n) is 7.05. The van der Waals surface area contributed by atoms with Crippen LogP contribution in [0, 0.1) is 0 Å². The van der Waals surface area contributed by atoms with Crippen molar-refractivity contribution in [2.45, 2.75) is 18.4 Å². The molecule has 4 rings (SSSR count). The maximum Gasteiger partial charge on any atom is 0.407 e.